The summed E-state index contributed by atoms with van der Waals surface area (Å²) in [6.07, 6.45) is 0.481. The van der Waals surface area contributed by atoms with Crippen LogP contribution in [0.1, 0.15) is 6.42 Å². The Bertz CT molecular complexity index is 183. The normalized spacial score (nSPS) is 25.5. The van der Waals surface area contributed by atoms with Crippen LogP contribution in [-0.2, 0) is 9.59 Å². The number of carbonyl (C=O) groups is 2. The van der Waals surface area contributed by atoms with Crippen LogP contribution in [0.25, 0.3) is 0 Å². The Kier molecular flexibility index (Phi) is 2.76. The monoisotopic (exact) mass is 174 g/mol. The molecule has 1 fully saturated rings. The van der Waals surface area contributed by atoms with E-state index in [-0.39, 0.29) is 5.91 Å². The molecule has 0 spiro atoms. The van der Waals surface area contributed by atoms with Crippen molar-refractivity contribution in [2.75, 3.05) is 11.5 Å². The predicted molar refractivity (Wildman–Crippen MR) is 43.1 cm³/mol. The fraction of sp³-hybridized carbons (Fsp3) is 0.667. The second-order valence-electron chi connectivity index (χ2n) is 2.35. The summed E-state index contributed by atoms with van der Waals surface area (Å²) in [5.41, 5.74) is 5.03. The van der Waals surface area contributed by atoms with Gasteiger partial charge in [-0.2, -0.15) is 11.8 Å². The molecule has 0 saturated carbocycles. The summed E-state index contributed by atoms with van der Waals surface area (Å²) in [5.74, 6) is 0.836. The number of primary amides is 1. The highest BCUT2D eigenvalue weighted by atomic mass is 32.2. The van der Waals surface area contributed by atoms with Crippen LogP contribution in [0.5, 0.6) is 0 Å². The van der Waals surface area contributed by atoms with E-state index < -0.39 is 11.9 Å². The average Bonchev–Trinajstić information content (AvgIpc) is 2.13. The van der Waals surface area contributed by atoms with E-state index in [2.05, 4.69) is 5.32 Å². The molecule has 0 bridgehead atoms. The van der Waals surface area contributed by atoms with Crippen LogP contribution in [-0.4, -0.2) is 29.4 Å². The van der Waals surface area contributed by atoms with Gasteiger partial charge in [0.25, 0.3) is 0 Å². The molecule has 1 heterocycles. The third kappa shape index (κ3) is 2.42. The van der Waals surface area contributed by atoms with Crippen molar-refractivity contribution in [1.82, 2.24) is 5.32 Å². The van der Waals surface area contributed by atoms with Gasteiger partial charge in [-0.15, -0.1) is 0 Å². The molecule has 2 amide bonds. The molecule has 1 aliphatic heterocycles. The molecular formula is C6H10N2O2S. The molecule has 11 heavy (non-hydrogen) atoms. The topological polar surface area (TPSA) is 72.2 Å². The lowest BCUT2D eigenvalue weighted by Gasteiger charge is -2.09. The molecule has 0 aromatic carbocycles. The van der Waals surface area contributed by atoms with Gasteiger partial charge in [0.05, 0.1) is 0 Å². The number of nitrogens with one attached hydrogen (secondary N) is 1. The molecule has 0 radical (unpaired) electrons. The van der Waals surface area contributed by atoms with Gasteiger partial charge >= 0.3 is 0 Å². The van der Waals surface area contributed by atoms with E-state index in [9.17, 15) is 9.59 Å². The second-order valence-corrected chi connectivity index (χ2v) is 3.50. The molecular weight excluding hydrogens is 164 g/mol. The highest BCUT2D eigenvalue weighted by molar-refractivity contribution is 7.99. The number of amides is 2. The van der Waals surface area contributed by atoms with Gasteiger partial charge in [0.15, 0.2) is 0 Å². The van der Waals surface area contributed by atoms with E-state index in [1.54, 1.807) is 11.8 Å². The Morgan fingerprint density at radius 3 is 3.09 bits per heavy atom. The van der Waals surface area contributed by atoms with Crippen LogP contribution >= 0.6 is 11.8 Å². The summed E-state index contributed by atoms with van der Waals surface area (Å²) in [6, 6.07) is -0.477. The second kappa shape index (κ2) is 3.61. The number of nitrogens with two attached hydrogens (primary N) is 1. The third-order valence-corrected chi connectivity index (χ3v) is 2.50. The first-order chi connectivity index (χ1) is 5.20. The Labute approximate surface area is 68.9 Å². The summed E-state index contributed by atoms with van der Waals surface area (Å²) in [7, 11) is 0. The molecule has 4 nitrogen and oxygen atoms in total. The summed E-state index contributed by atoms with van der Waals surface area (Å²) < 4.78 is 0. The zero-order valence-corrected chi connectivity index (χ0v) is 6.82. The highest BCUT2D eigenvalue weighted by Gasteiger charge is 2.20. The van der Waals surface area contributed by atoms with E-state index in [0.29, 0.717) is 12.2 Å². The van der Waals surface area contributed by atoms with Crippen molar-refractivity contribution in [1.29, 1.82) is 0 Å². The maximum Gasteiger partial charge on any atom is 0.240 e. The lowest BCUT2D eigenvalue weighted by Crippen LogP contribution is -2.44. The Morgan fingerprint density at radius 1 is 1.73 bits per heavy atom. The van der Waals surface area contributed by atoms with Crippen LogP contribution in [0.4, 0.5) is 0 Å². The van der Waals surface area contributed by atoms with Crippen molar-refractivity contribution in [2.45, 2.75) is 12.5 Å². The van der Waals surface area contributed by atoms with E-state index >= 15 is 0 Å². The van der Waals surface area contributed by atoms with Gasteiger partial charge in [0.1, 0.15) is 6.04 Å². The minimum absolute atomic E-state index is 0.0844. The molecule has 62 valence electrons. The predicted octanol–water partition coefficient (Wildman–Crippen LogP) is -0.907. The summed E-state index contributed by atoms with van der Waals surface area (Å²) in [4.78, 5) is 21.5. The van der Waals surface area contributed by atoms with Gasteiger partial charge < -0.3 is 11.1 Å². The Hall–Kier alpha value is -0.710. The van der Waals surface area contributed by atoms with Gasteiger partial charge in [-0.25, -0.2) is 0 Å². The summed E-state index contributed by atoms with van der Waals surface area (Å²) >= 11 is 1.57. The fourth-order valence-electron chi connectivity index (χ4n) is 0.827. The molecule has 0 unspecified atom stereocenters. The van der Waals surface area contributed by atoms with Crippen molar-refractivity contribution in [3.05, 3.63) is 0 Å². The third-order valence-electron chi connectivity index (χ3n) is 1.44. The molecule has 0 aromatic rings. The van der Waals surface area contributed by atoms with Gasteiger partial charge in [-0.1, -0.05) is 0 Å². The average molecular weight is 174 g/mol. The van der Waals surface area contributed by atoms with Crippen LogP contribution < -0.4 is 11.1 Å². The number of hydrogen-bond donors (Lipinski definition) is 2. The lowest BCUT2D eigenvalue weighted by atomic mass is 10.3. The maximum atomic E-state index is 10.9. The molecule has 1 saturated heterocycles. The smallest absolute Gasteiger partial charge is 0.240 e. The van der Waals surface area contributed by atoms with E-state index in [1.807, 2.05) is 0 Å². The number of thioether (sulfide) groups is 1. The Morgan fingerprint density at radius 2 is 2.45 bits per heavy atom. The van der Waals surface area contributed by atoms with Crippen LogP contribution in [0, 0.1) is 0 Å². The molecule has 1 rings (SSSR count). The van der Waals surface area contributed by atoms with E-state index in [4.69, 9.17) is 5.73 Å². The summed E-state index contributed by atoms with van der Waals surface area (Å²) in [5, 5.41) is 2.54. The lowest BCUT2D eigenvalue weighted by molar-refractivity contribution is -0.126. The number of rotatable bonds is 1. The van der Waals surface area contributed by atoms with Gasteiger partial charge in [0, 0.05) is 17.9 Å². The standard InChI is InChI=1S/C6H10N2O2S/c7-6(10)4-3-11-2-1-5(9)8-4/h4H,1-3H2,(H2,7,10)(H,8,9)/t4-/m0/s1. The van der Waals surface area contributed by atoms with Crippen molar-refractivity contribution in [3.8, 4) is 0 Å². The molecule has 5 heteroatoms. The number of hydrogen-bond acceptors (Lipinski definition) is 3. The van der Waals surface area contributed by atoms with Crippen molar-refractivity contribution >= 4 is 23.6 Å². The van der Waals surface area contributed by atoms with Gasteiger partial charge in [-0.05, 0) is 0 Å². The minimum Gasteiger partial charge on any atom is -0.368 e. The Balaban J connectivity index is 2.52. The SMILES string of the molecule is NC(=O)[C@@H]1CSCCC(=O)N1. The fourth-order valence-corrected chi connectivity index (χ4v) is 1.81. The minimum atomic E-state index is -0.477. The van der Waals surface area contributed by atoms with Crippen molar-refractivity contribution < 1.29 is 9.59 Å². The van der Waals surface area contributed by atoms with Crippen LogP contribution in [0.2, 0.25) is 0 Å². The zero-order valence-electron chi connectivity index (χ0n) is 6.00. The zero-order chi connectivity index (χ0) is 8.27. The van der Waals surface area contributed by atoms with Gasteiger partial charge in [0.2, 0.25) is 11.8 Å². The molecule has 3 N–H and O–H groups in total. The van der Waals surface area contributed by atoms with Crippen LogP contribution in [0.3, 0.4) is 0 Å². The van der Waals surface area contributed by atoms with Crippen molar-refractivity contribution in [3.63, 3.8) is 0 Å². The molecule has 1 aliphatic rings. The maximum absolute atomic E-state index is 10.9. The quantitative estimate of drug-likeness (QED) is 0.540. The first-order valence-electron chi connectivity index (χ1n) is 3.36. The van der Waals surface area contributed by atoms with Gasteiger partial charge in [-0.3, -0.25) is 9.59 Å². The highest BCUT2D eigenvalue weighted by Crippen LogP contribution is 2.08. The molecule has 0 aliphatic carbocycles. The van der Waals surface area contributed by atoms with Crippen LogP contribution in [0.15, 0.2) is 0 Å². The van der Waals surface area contributed by atoms with E-state index in [0.717, 1.165) is 5.75 Å². The molecule has 0 aromatic heterocycles. The summed E-state index contributed by atoms with van der Waals surface area (Å²) in [6.45, 7) is 0. The van der Waals surface area contributed by atoms with Crippen molar-refractivity contribution in [2.24, 2.45) is 5.73 Å². The number of carbonyl (C=O) groups excluding carboxylic acids is 2. The first kappa shape index (κ1) is 8.39. The largest absolute Gasteiger partial charge is 0.368 e. The molecule has 1 atom stereocenters. The first-order valence-corrected chi connectivity index (χ1v) is 4.52. The van der Waals surface area contributed by atoms with E-state index in [1.165, 1.54) is 0 Å².